The lowest BCUT2D eigenvalue weighted by molar-refractivity contribution is 0.0651. The van der Waals surface area contributed by atoms with Gasteiger partial charge in [0.15, 0.2) is 5.69 Å². The SMILES string of the molecule is CC(NC(=O)c1cc(C(=O)O)on1)C1CCCC1. The molecule has 0 radical (unpaired) electrons. The number of nitrogens with zero attached hydrogens (tertiary/aromatic N) is 1. The molecule has 1 aliphatic carbocycles. The highest BCUT2D eigenvalue weighted by Gasteiger charge is 2.24. The molecule has 18 heavy (non-hydrogen) atoms. The maximum absolute atomic E-state index is 11.8. The van der Waals surface area contributed by atoms with E-state index < -0.39 is 5.97 Å². The van der Waals surface area contributed by atoms with E-state index in [1.807, 2.05) is 6.92 Å². The second-order valence-electron chi connectivity index (χ2n) is 4.69. The molecule has 0 aromatic carbocycles. The van der Waals surface area contributed by atoms with Crippen molar-refractivity contribution in [2.45, 2.75) is 38.6 Å². The van der Waals surface area contributed by atoms with Gasteiger partial charge in [0, 0.05) is 12.1 Å². The van der Waals surface area contributed by atoms with Crippen LogP contribution in [-0.2, 0) is 0 Å². The van der Waals surface area contributed by atoms with Crippen LogP contribution in [0.25, 0.3) is 0 Å². The number of amides is 1. The molecule has 1 aromatic heterocycles. The van der Waals surface area contributed by atoms with Crippen LogP contribution in [0, 0.1) is 5.92 Å². The van der Waals surface area contributed by atoms with Crippen molar-refractivity contribution >= 4 is 11.9 Å². The summed E-state index contributed by atoms with van der Waals surface area (Å²) in [7, 11) is 0. The summed E-state index contributed by atoms with van der Waals surface area (Å²) < 4.78 is 4.54. The summed E-state index contributed by atoms with van der Waals surface area (Å²) in [5, 5.41) is 15.0. The maximum Gasteiger partial charge on any atom is 0.374 e. The number of carbonyl (C=O) groups excluding carboxylic acids is 1. The zero-order valence-corrected chi connectivity index (χ0v) is 10.2. The smallest absolute Gasteiger partial charge is 0.374 e. The fraction of sp³-hybridized carbons (Fsp3) is 0.583. The lowest BCUT2D eigenvalue weighted by Crippen LogP contribution is -2.37. The van der Waals surface area contributed by atoms with Gasteiger partial charge in [-0.1, -0.05) is 18.0 Å². The van der Waals surface area contributed by atoms with Gasteiger partial charge in [0.25, 0.3) is 5.91 Å². The Morgan fingerprint density at radius 1 is 1.50 bits per heavy atom. The molecule has 1 fully saturated rings. The number of carboxylic acids is 1. The largest absolute Gasteiger partial charge is 0.475 e. The number of aromatic nitrogens is 1. The molecule has 1 aliphatic rings. The zero-order valence-electron chi connectivity index (χ0n) is 10.2. The fourth-order valence-electron chi connectivity index (χ4n) is 2.34. The molecule has 0 spiro atoms. The quantitative estimate of drug-likeness (QED) is 0.850. The predicted octanol–water partition coefficient (Wildman–Crippen LogP) is 1.68. The second-order valence-corrected chi connectivity index (χ2v) is 4.69. The van der Waals surface area contributed by atoms with Crippen molar-refractivity contribution in [3.05, 3.63) is 17.5 Å². The first-order valence-corrected chi connectivity index (χ1v) is 6.09. The van der Waals surface area contributed by atoms with Crippen LogP contribution >= 0.6 is 0 Å². The first-order chi connectivity index (χ1) is 8.58. The summed E-state index contributed by atoms with van der Waals surface area (Å²) in [5.41, 5.74) is 0.0113. The highest BCUT2D eigenvalue weighted by atomic mass is 16.5. The van der Waals surface area contributed by atoms with Crippen LogP contribution < -0.4 is 5.32 Å². The van der Waals surface area contributed by atoms with E-state index in [4.69, 9.17) is 5.11 Å². The van der Waals surface area contributed by atoms with Crippen LogP contribution in [0.2, 0.25) is 0 Å². The minimum Gasteiger partial charge on any atom is -0.475 e. The molecule has 2 N–H and O–H groups in total. The van der Waals surface area contributed by atoms with Gasteiger partial charge in [-0.15, -0.1) is 0 Å². The third-order valence-electron chi connectivity index (χ3n) is 3.42. The molecule has 1 atom stereocenters. The van der Waals surface area contributed by atoms with Crippen LogP contribution in [0.1, 0.15) is 53.7 Å². The minimum absolute atomic E-state index is 0.0113. The Bertz CT molecular complexity index is 449. The molecule has 0 saturated heterocycles. The van der Waals surface area contributed by atoms with Gasteiger partial charge >= 0.3 is 5.97 Å². The van der Waals surface area contributed by atoms with E-state index in [9.17, 15) is 9.59 Å². The van der Waals surface area contributed by atoms with E-state index in [-0.39, 0.29) is 23.4 Å². The Morgan fingerprint density at radius 2 is 2.17 bits per heavy atom. The van der Waals surface area contributed by atoms with Gasteiger partial charge in [0.05, 0.1) is 0 Å². The molecule has 0 aliphatic heterocycles. The van der Waals surface area contributed by atoms with Gasteiger partial charge in [-0.2, -0.15) is 0 Å². The predicted molar refractivity (Wildman–Crippen MR) is 62.3 cm³/mol. The van der Waals surface area contributed by atoms with Crippen molar-refractivity contribution in [2.75, 3.05) is 0 Å². The molecule has 98 valence electrons. The summed E-state index contributed by atoms with van der Waals surface area (Å²) in [4.78, 5) is 22.4. The number of hydrogen-bond acceptors (Lipinski definition) is 4. The molecule has 1 heterocycles. The summed E-state index contributed by atoms with van der Waals surface area (Å²) in [6, 6.07) is 1.21. The van der Waals surface area contributed by atoms with Crippen molar-refractivity contribution in [2.24, 2.45) is 5.92 Å². The number of carbonyl (C=O) groups is 2. The maximum atomic E-state index is 11.8. The van der Waals surface area contributed by atoms with Crippen molar-refractivity contribution < 1.29 is 19.2 Å². The number of hydrogen-bond donors (Lipinski definition) is 2. The third-order valence-corrected chi connectivity index (χ3v) is 3.42. The number of aromatic carboxylic acids is 1. The Kier molecular flexibility index (Phi) is 3.64. The standard InChI is InChI=1S/C12H16N2O4/c1-7(8-4-2-3-5-8)13-11(15)9-6-10(12(16)17)18-14-9/h6-8H,2-5H2,1H3,(H,13,15)(H,16,17). The molecule has 1 unspecified atom stereocenters. The molecule has 2 rings (SSSR count). The van der Waals surface area contributed by atoms with Gasteiger partial charge in [-0.3, -0.25) is 4.79 Å². The molecular weight excluding hydrogens is 236 g/mol. The summed E-state index contributed by atoms with van der Waals surface area (Å²) in [6.07, 6.45) is 4.66. The van der Waals surface area contributed by atoms with Gasteiger partial charge in [-0.05, 0) is 25.7 Å². The van der Waals surface area contributed by atoms with E-state index in [1.165, 1.54) is 12.8 Å². The number of rotatable bonds is 4. The van der Waals surface area contributed by atoms with E-state index in [2.05, 4.69) is 15.0 Å². The molecule has 6 heteroatoms. The first kappa shape index (κ1) is 12.6. The van der Waals surface area contributed by atoms with Gasteiger partial charge in [0.1, 0.15) is 0 Å². The minimum atomic E-state index is -1.23. The summed E-state index contributed by atoms with van der Waals surface area (Å²) in [6.45, 7) is 1.96. The van der Waals surface area contributed by atoms with E-state index in [0.29, 0.717) is 5.92 Å². The van der Waals surface area contributed by atoms with E-state index in [1.54, 1.807) is 0 Å². The zero-order chi connectivity index (χ0) is 13.1. The second kappa shape index (κ2) is 5.20. The van der Waals surface area contributed by atoms with Gasteiger partial charge in [-0.25, -0.2) is 4.79 Å². The first-order valence-electron chi connectivity index (χ1n) is 6.09. The average Bonchev–Trinajstić information content (AvgIpc) is 3.00. The molecule has 1 saturated carbocycles. The van der Waals surface area contributed by atoms with Crippen molar-refractivity contribution in [3.63, 3.8) is 0 Å². The van der Waals surface area contributed by atoms with E-state index >= 15 is 0 Å². The molecule has 1 amide bonds. The Morgan fingerprint density at radius 3 is 2.72 bits per heavy atom. The highest BCUT2D eigenvalue weighted by molar-refractivity contribution is 5.94. The molecule has 0 bridgehead atoms. The number of nitrogens with one attached hydrogen (secondary N) is 1. The summed E-state index contributed by atoms with van der Waals surface area (Å²) >= 11 is 0. The molecular formula is C12H16N2O4. The van der Waals surface area contributed by atoms with Gasteiger partial charge in [0.2, 0.25) is 5.76 Å². The Hall–Kier alpha value is -1.85. The monoisotopic (exact) mass is 252 g/mol. The van der Waals surface area contributed by atoms with E-state index in [0.717, 1.165) is 18.9 Å². The van der Waals surface area contributed by atoms with Gasteiger partial charge < -0.3 is 14.9 Å². The Balaban J connectivity index is 1.95. The van der Waals surface area contributed by atoms with Crippen molar-refractivity contribution in [3.8, 4) is 0 Å². The summed E-state index contributed by atoms with van der Waals surface area (Å²) in [5.74, 6) is -1.44. The van der Waals surface area contributed by atoms with Crippen molar-refractivity contribution in [1.82, 2.24) is 10.5 Å². The van der Waals surface area contributed by atoms with Crippen LogP contribution in [0.5, 0.6) is 0 Å². The average molecular weight is 252 g/mol. The fourth-order valence-corrected chi connectivity index (χ4v) is 2.34. The van der Waals surface area contributed by atoms with Crippen LogP contribution in [-0.4, -0.2) is 28.2 Å². The number of carboxylic acid groups (broad SMARTS) is 1. The lowest BCUT2D eigenvalue weighted by atomic mass is 10.00. The third kappa shape index (κ3) is 2.69. The van der Waals surface area contributed by atoms with Crippen LogP contribution in [0.3, 0.4) is 0 Å². The highest BCUT2D eigenvalue weighted by Crippen LogP contribution is 2.27. The van der Waals surface area contributed by atoms with Crippen molar-refractivity contribution in [1.29, 1.82) is 0 Å². The molecule has 1 aromatic rings. The lowest BCUT2D eigenvalue weighted by Gasteiger charge is -2.19. The Labute approximate surface area is 104 Å². The normalized spacial score (nSPS) is 17.6. The molecule has 6 nitrogen and oxygen atoms in total. The van der Waals surface area contributed by atoms with Crippen LogP contribution in [0.15, 0.2) is 10.6 Å². The topological polar surface area (TPSA) is 92.4 Å². The van der Waals surface area contributed by atoms with Crippen LogP contribution in [0.4, 0.5) is 0 Å².